The van der Waals surface area contributed by atoms with Gasteiger partial charge in [-0.15, -0.1) is 0 Å². The summed E-state index contributed by atoms with van der Waals surface area (Å²) < 4.78 is 2.25. The number of hydrogen-bond donors (Lipinski definition) is 0. The van der Waals surface area contributed by atoms with Crippen LogP contribution in [0, 0.1) is 6.92 Å². The zero-order valence-electron chi connectivity index (χ0n) is 13.6. The molecule has 0 radical (unpaired) electrons. The lowest BCUT2D eigenvalue weighted by Gasteiger charge is -2.13. The minimum Gasteiger partial charge on any atom is -0.338 e. The number of nitrogens with zero attached hydrogens (tertiary/aromatic N) is 2. The van der Waals surface area contributed by atoms with Crippen molar-refractivity contribution in [3.05, 3.63) is 70.9 Å². The molecule has 1 aliphatic heterocycles. The van der Waals surface area contributed by atoms with Crippen LogP contribution in [0.3, 0.4) is 0 Å². The number of para-hydroxylation sites is 1. The summed E-state index contributed by atoms with van der Waals surface area (Å²) in [6, 6.07) is 19.5. The summed E-state index contributed by atoms with van der Waals surface area (Å²) in [5.74, 6) is 0. The molecule has 0 spiro atoms. The predicted molar refractivity (Wildman–Crippen MR) is 98.5 cm³/mol. The van der Waals surface area contributed by atoms with Crippen LogP contribution in [0.4, 0.5) is 5.69 Å². The first-order valence-corrected chi connectivity index (χ1v) is 8.57. The molecule has 2 heterocycles. The summed E-state index contributed by atoms with van der Waals surface area (Å²) in [5, 5.41) is 2.53. The fraction of sp³-hybridized carbons (Fsp3) is 0.150. The molecule has 3 heteroatoms. The molecule has 23 heavy (non-hydrogen) atoms. The second-order valence-electron chi connectivity index (χ2n) is 5.99. The SMILES string of the molecule is Cc1ccc2c(c1)S/C(=C\c1ccc3ccccc3[n+]1C)N2C. The third-order valence-corrected chi connectivity index (χ3v) is 5.56. The second-order valence-corrected chi connectivity index (χ2v) is 7.05. The molecule has 1 aliphatic rings. The van der Waals surface area contributed by atoms with E-state index in [0.717, 1.165) is 0 Å². The third kappa shape index (κ3) is 2.41. The number of aromatic nitrogens is 1. The zero-order chi connectivity index (χ0) is 16.0. The molecule has 2 aromatic carbocycles. The highest BCUT2D eigenvalue weighted by Gasteiger charge is 2.23. The number of benzene rings is 2. The van der Waals surface area contributed by atoms with E-state index in [9.17, 15) is 0 Å². The van der Waals surface area contributed by atoms with Crippen LogP contribution in [-0.4, -0.2) is 7.05 Å². The Balaban J connectivity index is 1.79. The van der Waals surface area contributed by atoms with Gasteiger partial charge in [-0.05, 0) is 36.8 Å². The first-order valence-electron chi connectivity index (χ1n) is 7.75. The van der Waals surface area contributed by atoms with Crippen LogP contribution in [0.5, 0.6) is 0 Å². The van der Waals surface area contributed by atoms with Crippen molar-refractivity contribution in [3.8, 4) is 0 Å². The van der Waals surface area contributed by atoms with E-state index >= 15 is 0 Å². The minimum absolute atomic E-state index is 1.21. The number of anilines is 1. The average Bonchev–Trinajstić information content (AvgIpc) is 2.86. The predicted octanol–water partition coefficient (Wildman–Crippen LogP) is 4.51. The molecule has 0 fully saturated rings. The molecule has 1 aromatic heterocycles. The van der Waals surface area contributed by atoms with Crippen molar-refractivity contribution in [1.82, 2.24) is 0 Å². The monoisotopic (exact) mass is 319 g/mol. The molecular formula is C20H19N2S+. The Bertz CT molecular complexity index is 944. The average molecular weight is 319 g/mol. The lowest BCUT2D eigenvalue weighted by molar-refractivity contribution is -0.646. The molecular weight excluding hydrogens is 300 g/mol. The van der Waals surface area contributed by atoms with E-state index in [2.05, 4.69) is 91.2 Å². The van der Waals surface area contributed by atoms with Gasteiger partial charge in [0.05, 0.1) is 10.7 Å². The fourth-order valence-electron chi connectivity index (χ4n) is 3.04. The van der Waals surface area contributed by atoms with Crippen LogP contribution < -0.4 is 9.47 Å². The van der Waals surface area contributed by atoms with Gasteiger partial charge in [-0.3, -0.25) is 0 Å². The van der Waals surface area contributed by atoms with E-state index in [1.807, 2.05) is 11.8 Å². The Hall–Kier alpha value is -2.26. The van der Waals surface area contributed by atoms with Crippen LogP contribution in [0.15, 0.2) is 64.5 Å². The highest BCUT2D eigenvalue weighted by atomic mass is 32.2. The summed E-state index contributed by atoms with van der Waals surface area (Å²) in [6.07, 6.45) is 2.27. The molecule has 114 valence electrons. The highest BCUT2D eigenvalue weighted by Crippen LogP contribution is 2.45. The van der Waals surface area contributed by atoms with Gasteiger partial charge >= 0.3 is 0 Å². The van der Waals surface area contributed by atoms with Gasteiger partial charge in [0.25, 0.3) is 0 Å². The Morgan fingerprint density at radius 3 is 2.74 bits per heavy atom. The van der Waals surface area contributed by atoms with Gasteiger partial charge in [0, 0.05) is 35.5 Å². The maximum atomic E-state index is 2.27. The number of fused-ring (bicyclic) bond motifs is 2. The smallest absolute Gasteiger partial charge is 0.212 e. The molecule has 0 saturated carbocycles. The molecule has 0 unspecified atom stereocenters. The Labute approximate surface area is 141 Å². The molecule has 0 aliphatic carbocycles. The first kappa shape index (κ1) is 14.3. The standard InChI is InChI=1S/C20H19N2S/c1-14-8-11-18-19(12-14)23-20(22(18)3)13-16-10-9-15-6-4-5-7-17(15)21(16)2/h4-13H,1-3H3/q+1. The van der Waals surface area contributed by atoms with E-state index in [-0.39, 0.29) is 0 Å². The van der Waals surface area contributed by atoms with Crippen molar-refractivity contribution in [3.63, 3.8) is 0 Å². The van der Waals surface area contributed by atoms with Crippen molar-refractivity contribution >= 4 is 34.4 Å². The maximum Gasteiger partial charge on any atom is 0.212 e. The van der Waals surface area contributed by atoms with Gasteiger partial charge in [-0.25, -0.2) is 0 Å². The van der Waals surface area contributed by atoms with Gasteiger partial charge in [0.1, 0.15) is 7.05 Å². The van der Waals surface area contributed by atoms with E-state index in [1.54, 1.807) is 0 Å². The summed E-state index contributed by atoms with van der Waals surface area (Å²) in [7, 11) is 4.27. The van der Waals surface area contributed by atoms with Gasteiger partial charge in [0.2, 0.25) is 11.2 Å². The third-order valence-electron chi connectivity index (χ3n) is 4.41. The van der Waals surface area contributed by atoms with Gasteiger partial charge in [-0.2, -0.15) is 4.57 Å². The number of thioether (sulfide) groups is 1. The van der Waals surface area contributed by atoms with E-state index in [0.29, 0.717) is 0 Å². The highest BCUT2D eigenvalue weighted by molar-refractivity contribution is 8.03. The minimum atomic E-state index is 1.21. The number of pyridine rings is 1. The normalized spacial score (nSPS) is 15.4. The van der Waals surface area contributed by atoms with Crippen LogP contribution in [-0.2, 0) is 7.05 Å². The summed E-state index contributed by atoms with van der Waals surface area (Å²) >= 11 is 1.84. The first-order chi connectivity index (χ1) is 11.1. The molecule has 4 rings (SSSR count). The molecule has 0 bridgehead atoms. The summed E-state index contributed by atoms with van der Waals surface area (Å²) in [6.45, 7) is 2.14. The van der Waals surface area contributed by atoms with E-state index in [4.69, 9.17) is 0 Å². The van der Waals surface area contributed by atoms with Crippen molar-refractivity contribution in [1.29, 1.82) is 0 Å². The van der Waals surface area contributed by atoms with Gasteiger partial charge in [-0.1, -0.05) is 30.0 Å². The molecule has 2 nitrogen and oxygen atoms in total. The zero-order valence-corrected chi connectivity index (χ0v) is 14.4. The lowest BCUT2D eigenvalue weighted by atomic mass is 10.2. The van der Waals surface area contributed by atoms with Gasteiger partial charge < -0.3 is 4.90 Å². The number of aryl methyl sites for hydroxylation is 2. The maximum absolute atomic E-state index is 2.27. The number of rotatable bonds is 1. The summed E-state index contributed by atoms with van der Waals surface area (Å²) in [5.41, 5.74) is 5.06. The van der Waals surface area contributed by atoms with Crippen molar-refractivity contribution in [2.24, 2.45) is 7.05 Å². The van der Waals surface area contributed by atoms with Crippen molar-refractivity contribution in [2.45, 2.75) is 11.8 Å². The molecule has 0 N–H and O–H groups in total. The quantitative estimate of drug-likeness (QED) is 0.609. The topological polar surface area (TPSA) is 7.12 Å². The number of hydrogen-bond acceptors (Lipinski definition) is 2. The van der Waals surface area contributed by atoms with Crippen molar-refractivity contribution < 1.29 is 4.57 Å². The molecule has 0 saturated heterocycles. The fourth-order valence-corrected chi connectivity index (χ4v) is 4.23. The Kier molecular flexibility index (Phi) is 3.38. The molecule has 3 aromatic rings. The molecule has 0 amide bonds. The van der Waals surface area contributed by atoms with Crippen LogP contribution in [0.1, 0.15) is 11.3 Å². The van der Waals surface area contributed by atoms with Crippen molar-refractivity contribution in [2.75, 3.05) is 11.9 Å². The molecule has 0 atom stereocenters. The largest absolute Gasteiger partial charge is 0.338 e. The second kappa shape index (κ2) is 5.43. The Morgan fingerprint density at radius 2 is 1.87 bits per heavy atom. The van der Waals surface area contributed by atoms with Crippen LogP contribution in [0.2, 0.25) is 0 Å². The van der Waals surface area contributed by atoms with E-state index in [1.165, 1.54) is 37.8 Å². The van der Waals surface area contributed by atoms with Gasteiger partial charge in [0.15, 0.2) is 0 Å². The van der Waals surface area contributed by atoms with E-state index < -0.39 is 0 Å². The van der Waals surface area contributed by atoms with Crippen LogP contribution >= 0.6 is 11.8 Å². The van der Waals surface area contributed by atoms with Crippen LogP contribution in [0.25, 0.3) is 17.0 Å². The Morgan fingerprint density at radius 1 is 1.04 bits per heavy atom. The lowest BCUT2D eigenvalue weighted by Crippen LogP contribution is -2.32. The summed E-state index contributed by atoms with van der Waals surface area (Å²) in [4.78, 5) is 3.61.